The fraction of sp³-hybridized carbons (Fsp3) is 0.789. The molecule has 0 aliphatic carbocycles. The second-order valence-corrected chi connectivity index (χ2v) is 7.45. The molecule has 0 radical (unpaired) electrons. The Morgan fingerprint density at radius 2 is 2.08 bits per heavy atom. The maximum atomic E-state index is 4.47. The molecular formula is C19H36IN5. The number of aromatic nitrogens is 2. The summed E-state index contributed by atoms with van der Waals surface area (Å²) in [6, 6.07) is 0. The lowest BCUT2D eigenvalue weighted by Gasteiger charge is -2.21. The van der Waals surface area contributed by atoms with Gasteiger partial charge in [-0.05, 0) is 24.3 Å². The summed E-state index contributed by atoms with van der Waals surface area (Å²) in [4.78, 5) is 6.86. The Kier molecular flexibility index (Phi) is 10.5. The predicted octanol–water partition coefficient (Wildman–Crippen LogP) is 4.01. The Hall–Kier alpha value is -0.790. The van der Waals surface area contributed by atoms with Crippen LogP contribution in [0.15, 0.2) is 17.4 Å². The number of nitrogens with zero attached hydrogens (tertiary/aromatic N) is 4. The van der Waals surface area contributed by atoms with Crippen LogP contribution in [0.5, 0.6) is 0 Å². The van der Waals surface area contributed by atoms with Gasteiger partial charge in [0.25, 0.3) is 0 Å². The zero-order valence-electron chi connectivity index (χ0n) is 16.4. The molecule has 1 aromatic heterocycles. The molecule has 25 heavy (non-hydrogen) atoms. The molecule has 0 spiro atoms. The Morgan fingerprint density at radius 3 is 2.72 bits per heavy atom. The van der Waals surface area contributed by atoms with Crippen LogP contribution in [0.2, 0.25) is 0 Å². The number of rotatable bonds is 8. The van der Waals surface area contributed by atoms with E-state index in [1.807, 2.05) is 25.0 Å². The minimum atomic E-state index is 0. The van der Waals surface area contributed by atoms with Crippen LogP contribution in [0.4, 0.5) is 0 Å². The quantitative estimate of drug-likeness (QED) is 0.276. The van der Waals surface area contributed by atoms with Crippen LogP contribution in [-0.2, 0) is 7.05 Å². The molecular weight excluding hydrogens is 425 g/mol. The molecule has 0 amide bonds. The Labute approximate surface area is 170 Å². The second-order valence-electron chi connectivity index (χ2n) is 7.45. The number of hydrogen-bond donors (Lipinski definition) is 1. The van der Waals surface area contributed by atoms with E-state index in [4.69, 9.17) is 0 Å². The number of aryl methyl sites for hydroxylation is 1. The highest BCUT2D eigenvalue weighted by atomic mass is 127. The van der Waals surface area contributed by atoms with E-state index in [0.717, 1.165) is 31.5 Å². The van der Waals surface area contributed by atoms with Crippen LogP contribution in [0, 0.1) is 5.92 Å². The molecule has 1 saturated heterocycles. The van der Waals surface area contributed by atoms with Crippen LogP contribution in [0.3, 0.4) is 0 Å². The maximum absolute atomic E-state index is 4.47. The predicted molar refractivity (Wildman–Crippen MR) is 117 cm³/mol. The molecule has 2 rings (SSSR count). The van der Waals surface area contributed by atoms with Crippen LogP contribution >= 0.6 is 24.0 Å². The van der Waals surface area contributed by atoms with E-state index < -0.39 is 0 Å². The summed E-state index contributed by atoms with van der Waals surface area (Å²) in [5.74, 6) is 2.47. The molecule has 144 valence electrons. The highest BCUT2D eigenvalue weighted by Crippen LogP contribution is 2.26. The number of guanidine groups is 1. The van der Waals surface area contributed by atoms with Crippen molar-refractivity contribution >= 4 is 29.9 Å². The molecule has 5 nitrogen and oxygen atoms in total. The molecule has 2 heterocycles. The first-order valence-electron chi connectivity index (χ1n) is 9.54. The zero-order valence-corrected chi connectivity index (χ0v) is 18.7. The number of likely N-dealkylation sites (tertiary alicyclic amines) is 1. The fourth-order valence-corrected chi connectivity index (χ4v) is 3.44. The first-order valence-corrected chi connectivity index (χ1v) is 9.54. The lowest BCUT2D eigenvalue weighted by Crippen LogP contribution is -2.40. The third-order valence-corrected chi connectivity index (χ3v) is 4.89. The van der Waals surface area contributed by atoms with E-state index in [0.29, 0.717) is 5.92 Å². The van der Waals surface area contributed by atoms with E-state index in [2.05, 4.69) is 40.4 Å². The van der Waals surface area contributed by atoms with Gasteiger partial charge in [-0.25, -0.2) is 0 Å². The van der Waals surface area contributed by atoms with Gasteiger partial charge in [0.2, 0.25) is 0 Å². The normalized spacial score (nSPS) is 17.9. The molecule has 0 saturated carbocycles. The topological polar surface area (TPSA) is 45.5 Å². The van der Waals surface area contributed by atoms with Gasteiger partial charge in [0.05, 0.1) is 6.20 Å². The molecule has 0 bridgehead atoms. The van der Waals surface area contributed by atoms with Crippen molar-refractivity contribution in [3.8, 4) is 0 Å². The molecule has 0 aromatic carbocycles. The number of halogens is 1. The van der Waals surface area contributed by atoms with Crippen LogP contribution in [0.1, 0.15) is 63.9 Å². The molecule has 6 heteroatoms. The van der Waals surface area contributed by atoms with E-state index >= 15 is 0 Å². The highest BCUT2D eigenvalue weighted by Gasteiger charge is 2.26. The van der Waals surface area contributed by atoms with E-state index in [1.165, 1.54) is 44.1 Å². The number of unbranched alkanes of at least 4 members (excludes halogenated alkanes) is 3. The monoisotopic (exact) mass is 461 g/mol. The number of nitrogens with one attached hydrogen (secondary N) is 1. The molecule has 1 unspecified atom stereocenters. The van der Waals surface area contributed by atoms with Crippen molar-refractivity contribution in [3.63, 3.8) is 0 Å². The van der Waals surface area contributed by atoms with E-state index in [1.54, 1.807) is 0 Å². The molecule has 1 aromatic rings. The summed E-state index contributed by atoms with van der Waals surface area (Å²) in [5.41, 5.74) is 1.35. The van der Waals surface area contributed by atoms with Gasteiger partial charge < -0.3 is 10.2 Å². The van der Waals surface area contributed by atoms with Gasteiger partial charge in [-0.15, -0.1) is 24.0 Å². The van der Waals surface area contributed by atoms with Crippen molar-refractivity contribution in [1.29, 1.82) is 0 Å². The van der Waals surface area contributed by atoms with E-state index in [9.17, 15) is 0 Å². The van der Waals surface area contributed by atoms with Crippen molar-refractivity contribution in [2.75, 3.05) is 26.7 Å². The summed E-state index contributed by atoms with van der Waals surface area (Å²) < 4.78 is 1.89. The zero-order chi connectivity index (χ0) is 17.4. The maximum Gasteiger partial charge on any atom is 0.193 e. The molecule has 1 aliphatic heterocycles. The third kappa shape index (κ3) is 7.54. The van der Waals surface area contributed by atoms with E-state index in [-0.39, 0.29) is 24.0 Å². The minimum absolute atomic E-state index is 0. The van der Waals surface area contributed by atoms with Gasteiger partial charge in [-0.2, -0.15) is 5.10 Å². The van der Waals surface area contributed by atoms with Crippen molar-refractivity contribution in [1.82, 2.24) is 20.0 Å². The molecule has 1 atom stereocenters. The lowest BCUT2D eigenvalue weighted by atomic mass is 10.0. The SMILES string of the molecule is CN=C(NCCCCCCC(C)C)N1CCC(c2cnn(C)c2)C1.I. The lowest BCUT2D eigenvalue weighted by molar-refractivity contribution is 0.480. The average molecular weight is 461 g/mol. The molecule has 1 aliphatic rings. The van der Waals surface area contributed by atoms with Crippen LogP contribution in [0.25, 0.3) is 0 Å². The molecule has 1 fully saturated rings. The van der Waals surface area contributed by atoms with Gasteiger partial charge in [-0.1, -0.05) is 39.5 Å². The highest BCUT2D eigenvalue weighted by molar-refractivity contribution is 14.0. The summed E-state index contributed by atoms with van der Waals surface area (Å²) in [5, 5.41) is 7.84. The summed E-state index contributed by atoms with van der Waals surface area (Å²) >= 11 is 0. The number of aliphatic imine (C=N–C) groups is 1. The summed E-state index contributed by atoms with van der Waals surface area (Å²) in [7, 11) is 3.88. The van der Waals surface area contributed by atoms with Crippen LogP contribution in [-0.4, -0.2) is 47.3 Å². The van der Waals surface area contributed by atoms with Gasteiger partial charge in [0, 0.05) is 45.8 Å². The minimum Gasteiger partial charge on any atom is -0.356 e. The Balaban J connectivity index is 0.00000312. The standard InChI is InChI=1S/C19H35N5.HI/c1-16(2)9-7-5-6-8-11-21-19(20-3)24-12-10-17(15-24)18-13-22-23(4)14-18;/h13-14,16-17H,5-12,15H2,1-4H3,(H,20,21);1H. The van der Waals surface area contributed by atoms with Crippen molar-refractivity contribution in [2.24, 2.45) is 18.0 Å². The van der Waals surface area contributed by atoms with Crippen molar-refractivity contribution < 1.29 is 0 Å². The largest absolute Gasteiger partial charge is 0.356 e. The van der Waals surface area contributed by atoms with Crippen molar-refractivity contribution in [3.05, 3.63) is 18.0 Å². The Bertz CT molecular complexity index is 512. The smallest absolute Gasteiger partial charge is 0.193 e. The molecule has 1 N–H and O–H groups in total. The van der Waals surface area contributed by atoms with Crippen LogP contribution < -0.4 is 5.32 Å². The van der Waals surface area contributed by atoms with Crippen molar-refractivity contribution in [2.45, 2.75) is 58.3 Å². The first kappa shape index (κ1) is 22.3. The van der Waals surface area contributed by atoms with Gasteiger partial charge in [0.15, 0.2) is 5.96 Å². The fourth-order valence-electron chi connectivity index (χ4n) is 3.44. The van der Waals surface area contributed by atoms with Gasteiger partial charge in [-0.3, -0.25) is 9.67 Å². The summed E-state index contributed by atoms with van der Waals surface area (Å²) in [6.07, 6.45) is 12.0. The van der Waals surface area contributed by atoms with Gasteiger partial charge in [0.1, 0.15) is 0 Å². The number of hydrogen-bond acceptors (Lipinski definition) is 2. The average Bonchev–Trinajstić information content (AvgIpc) is 3.19. The van der Waals surface area contributed by atoms with Gasteiger partial charge >= 0.3 is 0 Å². The Morgan fingerprint density at radius 1 is 1.32 bits per heavy atom. The summed E-state index contributed by atoms with van der Waals surface area (Å²) in [6.45, 7) is 7.76. The first-order chi connectivity index (χ1) is 11.6. The third-order valence-electron chi connectivity index (χ3n) is 4.89. The second kappa shape index (κ2) is 11.8.